The lowest BCUT2D eigenvalue weighted by Gasteiger charge is -2.61. The van der Waals surface area contributed by atoms with E-state index in [-0.39, 0.29) is 16.4 Å². The van der Waals surface area contributed by atoms with E-state index in [0.29, 0.717) is 5.92 Å². The third-order valence-electron chi connectivity index (χ3n) is 9.72. The van der Waals surface area contributed by atoms with E-state index >= 15 is 0 Å². The van der Waals surface area contributed by atoms with Gasteiger partial charge < -0.3 is 4.74 Å². The summed E-state index contributed by atoms with van der Waals surface area (Å²) >= 11 is 0. The molecule has 4 rings (SSSR count). The first-order chi connectivity index (χ1) is 14.5. The fourth-order valence-electron chi connectivity index (χ4n) is 8.83. The molecule has 1 aromatic rings. The van der Waals surface area contributed by atoms with E-state index in [2.05, 4.69) is 58.0 Å². The van der Waals surface area contributed by atoms with Gasteiger partial charge in [-0.15, -0.1) is 0 Å². The van der Waals surface area contributed by atoms with Crippen LogP contribution in [0.2, 0.25) is 0 Å². The highest BCUT2D eigenvalue weighted by Crippen LogP contribution is 2.70. The standard InChI is InChI=1S/C29H46O/c1-5-6-21-28(25-17-13-14-18-25)29(23(2)3,26-19-11-8-12-20-26)27(4,22-30-28)24-15-9-7-10-16-24/h7,9-10,15-16,23,25-26H,5-6,8,11-14,17-22H2,1-4H3. The molecule has 0 spiro atoms. The van der Waals surface area contributed by atoms with Crippen molar-refractivity contribution in [3.05, 3.63) is 35.9 Å². The van der Waals surface area contributed by atoms with E-state index in [1.807, 2.05) is 0 Å². The number of unbranched alkanes of at least 4 members (excludes halogenated alkanes) is 1. The summed E-state index contributed by atoms with van der Waals surface area (Å²) < 4.78 is 7.33. The van der Waals surface area contributed by atoms with Crippen LogP contribution in [0.25, 0.3) is 0 Å². The van der Waals surface area contributed by atoms with E-state index in [1.165, 1.54) is 82.6 Å². The van der Waals surface area contributed by atoms with Gasteiger partial charge in [0.25, 0.3) is 0 Å². The van der Waals surface area contributed by atoms with Gasteiger partial charge in [0.1, 0.15) is 0 Å². The topological polar surface area (TPSA) is 9.23 Å². The van der Waals surface area contributed by atoms with Crippen LogP contribution >= 0.6 is 0 Å². The van der Waals surface area contributed by atoms with Crippen LogP contribution in [0, 0.1) is 23.2 Å². The average Bonchev–Trinajstić information content (AvgIpc) is 3.40. The van der Waals surface area contributed by atoms with Crippen molar-refractivity contribution in [2.45, 2.75) is 116 Å². The van der Waals surface area contributed by atoms with E-state index in [9.17, 15) is 0 Å². The van der Waals surface area contributed by atoms with Crippen LogP contribution in [-0.2, 0) is 10.2 Å². The quantitative estimate of drug-likeness (QED) is 0.439. The van der Waals surface area contributed by atoms with Crippen LogP contribution in [0.1, 0.15) is 110 Å². The molecule has 0 N–H and O–H groups in total. The molecule has 0 amide bonds. The van der Waals surface area contributed by atoms with Gasteiger partial charge in [0, 0.05) is 10.8 Å². The normalized spacial score (nSPS) is 36.0. The largest absolute Gasteiger partial charge is 0.373 e. The van der Waals surface area contributed by atoms with Gasteiger partial charge in [-0.3, -0.25) is 0 Å². The fraction of sp³-hybridized carbons (Fsp3) is 0.793. The van der Waals surface area contributed by atoms with E-state index in [4.69, 9.17) is 4.74 Å². The molecule has 2 saturated carbocycles. The molecule has 1 heteroatoms. The minimum atomic E-state index is 0.0558. The van der Waals surface area contributed by atoms with Gasteiger partial charge in [-0.1, -0.05) is 103 Å². The second-order valence-corrected chi connectivity index (χ2v) is 11.3. The lowest BCUT2D eigenvalue weighted by Crippen LogP contribution is -2.63. The van der Waals surface area contributed by atoms with Crippen molar-refractivity contribution in [1.82, 2.24) is 0 Å². The zero-order valence-corrected chi connectivity index (χ0v) is 20.2. The molecule has 30 heavy (non-hydrogen) atoms. The molecule has 1 saturated heterocycles. The van der Waals surface area contributed by atoms with E-state index < -0.39 is 0 Å². The van der Waals surface area contributed by atoms with Crippen molar-refractivity contribution in [2.24, 2.45) is 23.2 Å². The number of benzene rings is 1. The summed E-state index contributed by atoms with van der Waals surface area (Å²) in [6.07, 6.45) is 16.5. The molecule has 3 atom stereocenters. The molecule has 3 fully saturated rings. The van der Waals surface area contributed by atoms with Crippen LogP contribution in [0.5, 0.6) is 0 Å². The van der Waals surface area contributed by atoms with Crippen molar-refractivity contribution < 1.29 is 4.74 Å². The van der Waals surface area contributed by atoms with Crippen LogP contribution in [0.4, 0.5) is 0 Å². The second kappa shape index (κ2) is 8.97. The van der Waals surface area contributed by atoms with Gasteiger partial charge in [-0.2, -0.15) is 0 Å². The Morgan fingerprint density at radius 3 is 2.10 bits per heavy atom. The van der Waals surface area contributed by atoms with Crippen molar-refractivity contribution >= 4 is 0 Å². The predicted molar refractivity (Wildman–Crippen MR) is 128 cm³/mol. The first kappa shape index (κ1) is 22.4. The molecular formula is C29H46O. The third kappa shape index (κ3) is 3.21. The molecular weight excluding hydrogens is 364 g/mol. The maximum atomic E-state index is 7.33. The zero-order chi connectivity index (χ0) is 21.2. The lowest BCUT2D eigenvalue weighted by atomic mass is 9.42. The Bertz CT molecular complexity index is 669. The number of hydrogen-bond acceptors (Lipinski definition) is 1. The summed E-state index contributed by atoms with van der Waals surface area (Å²) in [6, 6.07) is 11.5. The van der Waals surface area contributed by atoms with Gasteiger partial charge in [-0.05, 0) is 55.4 Å². The van der Waals surface area contributed by atoms with Crippen LogP contribution in [-0.4, -0.2) is 12.2 Å². The molecule has 3 unspecified atom stereocenters. The molecule has 1 nitrogen and oxygen atoms in total. The van der Waals surface area contributed by atoms with Crippen LogP contribution < -0.4 is 0 Å². The van der Waals surface area contributed by atoms with Gasteiger partial charge >= 0.3 is 0 Å². The zero-order valence-electron chi connectivity index (χ0n) is 20.2. The molecule has 0 bridgehead atoms. The molecule has 0 radical (unpaired) electrons. The number of hydrogen-bond donors (Lipinski definition) is 0. The summed E-state index contributed by atoms with van der Waals surface area (Å²) in [7, 11) is 0. The smallest absolute Gasteiger partial charge is 0.0781 e. The monoisotopic (exact) mass is 410 g/mol. The molecule has 0 aromatic heterocycles. The molecule has 168 valence electrons. The van der Waals surface area contributed by atoms with E-state index in [1.54, 1.807) is 0 Å². The summed E-state index contributed by atoms with van der Waals surface area (Å²) in [4.78, 5) is 0. The Labute approximate surface area is 186 Å². The Balaban J connectivity index is 1.94. The van der Waals surface area contributed by atoms with Gasteiger partial charge in [0.15, 0.2) is 0 Å². The highest BCUT2D eigenvalue weighted by atomic mass is 16.5. The molecule has 1 aromatic carbocycles. The summed E-state index contributed by atoms with van der Waals surface area (Å²) in [6.45, 7) is 11.0. The van der Waals surface area contributed by atoms with Crippen molar-refractivity contribution in [3.63, 3.8) is 0 Å². The maximum Gasteiger partial charge on any atom is 0.0781 e. The van der Waals surface area contributed by atoms with Gasteiger partial charge in [0.05, 0.1) is 12.2 Å². The summed E-state index contributed by atoms with van der Waals surface area (Å²) in [5.74, 6) is 2.17. The molecule has 1 aliphatic heterocycles. The minimum absolute atomic E-state index is 0.0558. The summed E-state index contributed by atoms with van der Waals surface area (Å²) in [5, 5.41) is 0. The Kier molecular flexibility index (Phi) is 6.69. The highest BCUT2D eigenvalue weighted by Gasteiger charge is 2.72. The van der Waals surface area contributed by atoms with Crippen molar-refractivity contribution in [2.75, 3.05) is 6.61 Å². The number of rotatable bonds is 7. The first-order valence-electron chi connectivity index (χ1n) is 13.2. The first-order valence-corrected chi connectivity index (χ1v) is 13.2. The minimum Gasteiger partial charge on any atom is -0.373 e. The summed E-state index contributed by atoms with van der Waals surface area (Å²) in [5.41, 5.74) is 1.91. The molecule has 2 aliphatic carbocycles. The van der Waals surface area contributed by atoms with Gasteiger partial charge in [-0.25, -0.2) is 0 Å². The molecule has 1 heterocycles. The second-order valence-electron chi connectivity index (χ2n) is 11.3. The van der Waals surface area contributed by atoms with Gasteiger partial charge in [0.2, 0.25) is 0 Å². The van der Waals surface area contributed by atoms with Crippen molar-refractivity contribution in [3.8, 4) is 0 Å². The Morgan fingerprint density at radius 2 is 1.50 bits per heavy atom. The third-order valence-corrected chi connectivity index (χ3v) is 9.72. The highest BCUT2D eigenvalue weighted by molar-refractivity contribution is 5.35. The van der Waals surface area contributed by atoms with Crippen molar-refractivity contribution in [1.29, 1.82) is 0 Å². The molecule has 3 aliphatic rings. The Morgan fingerprint density at radius 1 is 0.900 bits per heavy atom. The van der Waals surface area contributed by atoms with Crippen LogP contribution in [0.3, 0.4) is 0 Å². The predicted octanol–water partition coefficient (Wildman–Crippen LogP) is 8.32. The lowest BCUT2D eigenvalue weighted by molar-refractivity contribution is -0.167. The van der Waals surface area contributed by atoms with Crippen LogP contribution in [0.15, 0.2) is 30.3 Å². The maximum absolute atomic E-state index is 7.33. The average molecular weight is 411 g/mol. The Hall–Kier alpha value is -0.820. The fourth-order valence-corrected chi connectivity index (χ4v) is 8.83. The number of ether oxygens (including phenoxy) is 1. The SMILES string of the molecule is CCCCC1(C2CCCC2)OCC(C)(c2ccccc2)C1(C(C)C)C1CCCCC1. The van der Waals surface area contributed by atoms with E-state index in [0.717, 1.165) is 18.4 Å².